The highest BCUT2D eigenvalue weighted by Gasteiger charge is 2.17. The fourth-order valence-electron chi connectivity index (χ4n) is 2.78. The molecule has 22 heavy (non-hydrogen) atoms. The third kappa shape index (κ3) is 3.55. The van der Waals surface area contributed by atoms with Crippen LogP contribution in [0.4, 0.5) is 11.8 Å². The molecule has 0 spiro atoms. The Labute approximate surface area is 131 Å². The molecular formula is C16H24N6. The summed E-state index contributed by atoms with van der Waals surface area (Å²) >= 11 is 0. The predicted molar refractivity (Wildman–Crippen MR) is 88.2 cm³/mol. The summed E-state index contributed by atoms with van der Waals surface area (Å²) in [4.78, 5) is 11.7. The first kappa shape index (κ1) is 14.8. The third-order valence-corrected chi connectivity index (χ3v) is 3.93. The molecule has 3 rings (SSSR count). The molecule has 1 atom stereocenters. The Balaban J connectivity index is 1.72. The first-order valence-electron chi connectivity index (χ1n) is 8.11. The summed E-state index contributed by atoms with van der Waals surface area (Å²) in [7, 11) is 0. The number of hydrogen-bond donors (Lipinski definition) is 1. The van der Waals surface area contributed by atoms with Gasteiger partial charge < -0.3 is 10.2 Å². The molecule has 1 aliphatic rings. The molecule has 2 aromatic heterocycles. The van der Waals surface area contributed by atoms with Gasteiger partial charge in [-0.1, -0.05) is 6.92 Å². The summed E-state index contributed by atoms with van der Waals surface area (Å²) in [6.45, 7) is 7.22. The minimum Gasteiger partial charge on any atom is -0.366 e. The molecule has 3 heterocycles. The zero-order valence-electron chi connectivity index (χ0n) is 13.4. The quantitative estimate of drug-likeness (QED) is 0.887. The fraction of sp³-hybridized carbons (Fsp3) is 0.562. The van der Waals surface area contributed by atoms with Crippen molar-refractivity contribution in [3.05, 3.63) is 30.2 Å². The van der Waals surface area contributed by atoms with E-state index in [-0.39, 0.29) is 6.04 Å². The molecule has 0 amide bonds. The normalized spacial score (nSPS) is 16.0. The van der Waals surface area contributed by atoms with E-state index >= 15 is 0 Å². The van der Waals surface area contributed by atoms with Gasteiger partial charge in [-0.2, -0.15) is 10.1 Å². The maximum atomic E-state index is 4.71. The molecule has 0 radical (unpaired) electrons. The lowest BCUT2D eigenvalue weighted by atomic mass is 10.3. The topological polar surface area (TPSA) is 58.9 Å². The molecule has 0 bridgehead atoms. The average molecular weight is 300 g/mol. The van der Waals surface area contributed by atoms with Crippen LogP contribution in [0, 0.1) is 0 Å². The minimum atomic E-state index is 0.255. The van der Waals surface area contributed by atoms with Gasteiger partial charge in [-0.05, 0) is 32.3 Å². The highest BCUT2D eigenvalue weighted by Crippen LogP contribution is 2.19. The van der Waals surface area contributed by atoms with Crippen LogP contribution in [-0.4, -0.2) is 38.9 Å². The van der Waals surface area contributed by atoms with E-state index in [1.807, 2.05) is 16.9 Å². The van der Waals surface area contributed by atoms with Crippen molar-refractivity contribution in [1.29, 1.82) is 0 Å². The zero-order chi connectivity index (χ0) is 15.4. The highest BCUT2D eigenvalue weighted by molar-refractivity contribution is 5.44. The molecule has 1 fully saturated rings. The van der Waals surface area contributed by atoms with E-state index < -0.39 is 0 Å². The first-order chi connectivity index (χ1) is 10.7. The molecule has 0 saturated carbocycles. The van der Waals surface area contributed by atoms with Crippen LogP contribution in [0.15, 0.2) is 24.5 Å². The van der Waals surface area contributed by atoms with Crippen molar-refractivity contribution in [3.63, 3.8) is 0 Å². The SMILES string of the molecule is CCc1cc(NC(C)Cn2cccn2)nc(N2CCCC2)n1. The summed E-state index contributed by atoms with van der Waals surface area (Å²) in [5.41, 5.74) is 1.09. The van der Waals surface area contributed by atoms with E-state index in [1.54, 1.807) is 6.20 Å². The lowest BCUT2D eigenvalue weighted by Gasteiger charge is -2.19. The van der Waals surface area contributed by atoms with E-state index in [0.29, 0.717) is 0 Å². The van der Waals surface area contributed by atoms with Crippen molar-refractivity contribution in [1.82, 2.24) is 19.7 Å². The maximum Gasteiger partial charge on any atom is 0.227 e. The smallest absolute Gasteiger partial charge is 0.227 e. The number of anilines is 2. The van der Waals surface area contributed by atoms with E-state index in [2.05, 4.69) is 40.2 Å². The van der Waals surface area contributed by atoms with E-state index in [9.17, 15) is 0 Å². The lowest BCUT2D eigenvalue weighted by Crippen LogP contribution is -2.25. The molecule has 1 saturated heterocycles. The van der Waals surface area contributed by atoms with Gasteiger partial charge >= 0.3 is 0 Å². The van der Waals surface area contributed by atoms with Gasteiger partial charge in [0.25, 0.3) is 0 Å². The third-order valence-electron chi connectivity index (χ3n) is 3.93. The Bertz CT molecular complexity index is 589. The van der Waals surface area contributed by atoms with Gasteiger partial charge in [-0.25, -0.2) is 4.98 Å². The second-order valence-corrected chi connectivity index (χ2v) is 5.87. The first-order valence-corrected chi connectivity index (χ1v) is 8.11. The van der Waals surface area contributed by atoms with Crippen LogP contribution in [0.2, 0.25) is 0 Å². The van der Waals surface area contributed by atoms with Gasteiger partial charge in [-0.15, -0.1) is 0 Å². The lowest BCUT2D eigenvalue weighted by molar-refractivity contribution is 0.559. The number of nitrogens with one attached hydrogen (secondary N) is 1. The van der Waals surface area contributed by atoms with Crippen LogP contribution in [0.25, 0.3) is 0 Å². The Morgan fingerprint density at radius 3 is 2.77 bits per heavy atom. The van der Waals surface area contributed by atoms with Gasteiger partial charge in [0.15, 0.2) is 0 Å². The Morgan fingerprint density at radius 1 is 1.27 bits per heavy atom. The summed E-state index contributed by atoms with van der Waals surface area (Å²) in [5.74, 6) is 1.78. The molecule has 2 aromatic rings. The summed E-state index contributed by atoms with van der Waals surface area (Å²) < 4.78 is 1.93. The number of hydrogen-bond acceptors (Lipinski definition) is 5. The standard InChI is InChI=1S/C16H24N6/c1-3-14-11-15(18-13(2)12-22-10-6-7-17-22)20-16(19-14)21-8-4-5-9-21/h6-7,10-11,13H,3-5,8-9,12H2,1-2H3,(H,18,19,20). The Morgan fingerprint density at radius 2 is 2.09 bits per heavy atom. The summed E-state index contributed by atoms with van der Waals surface area (Å²) in [5, 5.41) is 7.73. The van der Waals surface area contributed by atoms with Crippen molar-refractivity contribution in [3.8, 4) is 0 Å². The number of aromatic nitrogens is 4. The van der Waals surface area contributed by atoms with Gasteiger partial charge in [0.1, 0.15) is 5.82 Å². The number of rotatable bonds is 6. The van der Waals surface area contributed by atoms with Crippen molar-refractivity contribution in [2.24, 2.45) is 0 Å². The van der Waals surface area contributed by atoms with Crippen molar-refractivity contribution < 1.29 is 0 Å². The molecule has 6 nitrogen and oxygen atoms in total. The van der Waals surface area contributed by atoms with Crippen LogP contribution >= 0.6 is 0 Å². The Hall–Kier alpha value is -2.11. The van der Waals surface area contributed by atoms with E-state index in [4.69, 9.17) is 4.98 Å². The molecular weight excluding hydrogens is 276 g/mol. The van der Waals surface area contributed by atoms with Gasteiger partial charge in [0, 0.05) is 43.3 Å². The van der Waals surface area contributed by atoms with Crippen molar-refractivity contribution in [2.75, 3.05) is 23.3 Å². The predicted octanol–water partition coefficient (Wildman–Crippen LogP) is 2.34. The average Bonchev–Trinajstić information content (AvgIpc) is 3.19. The second-order valence-electron chi connectivity index (χ2n) is 5.87. The maximum absolute atomic E-state index is 4.71. The Kier molecular flexibility index (Phi) is 4.56. The van der Waals surface area contributed by atoms with E-state index in [0.717, 1.165) is 43.5 Å². The van der Waals surface area contributed by atoms with Crippen molar-refractivity contribution in [2.45, 2.75) is 45.7 Å². The summed E-state index contributed by atoms with van der Waals surface area (Å²) in [6, 6.07) is 4.25. The van der Waals surface area contributed by atoms with Crippen molar-refractivity contribution >= 4 is 11.8 Å². The monoisotopic (exact) mass is 300 g/mol. The minimum absolute atomic E-state index is 0.255. The number of nitrogens with zero attached hydrogens (tertiary/aromatic N) is 5. The van der Waals surface area contributed by atoms with Crippen LogP contribution in [0.3, 0.4) is 0 Å². The fourth-order valence-corrected chi connectivity index (χ4v) is 2.78. The van der Waals surface area contributed by atoms with Crippen LogP contribution < -0.4 is 10.2 Å². The largest absolute Gasteiger partial charge is 0.366 e. The van der Waals surface area contributed by atoms with Gasteiger partial charge in [0.2, 0.25) is 5.95 Å². The van der Waals surface area contributed by atoms with Crippen LogP contribution in [0.5, 0.6) is 0 Å². The van der Waals surface area contributed by atoms with Gasteiger partial charge in [0.05, 0.1) is 6.54 Å². The van der Waals surface area contributed by atoms with E-state index in [1.165, 1.54) is 12.8 Å². The molecule has 1 N–H and O–H groups in total. The molecule has 1 unspecified atom stereocenters. The van der Waals surface area contributed by atoms with Crippen LogP contribution in [-0.2, 0) is 13.0 Å². The van der Waals surface area contributed by atoms with Crippen LogP contribution in [0.1, 0.15) is 32.4 Å². The molecule has 0 aliphatic carbocycles. The van der Waals surface area contributed by atoms with Gasteiger partial charge in [-0.3, -0.25) is 4.68 Å². The zero-order valence-corrected chi connectivity index (χ0v) is 13.4. The summed E-state index contributed by atoms with van der Waals surface area (Å²) in [6.07, 6.45) is 7.17. The molecule has 1 aliphatic heterocycles. The number of aryl methyl sites for hydroxylation is 1. The molecule has 118 valence electrons. The highest BCUT2D eigenvalue weighted by atomic mass is 15.3. The molecule has 6 heteroatoms. The molecule has 0 aromatic carbocycles. The second kappa shape index (κ2) is 6.77.